The Balaban J connectivity index is 3.53. The average molecular weight is 663 g/mol. The Labute approximate surface area is 292 Å². The highest BCUT2D eigenvalue weighted by atomic mass is 16.6. The Morgan fingerprint density at radius 2 is 0.851 bits per heavy atom. The van der Waals surface area contributed by atoms with Crippen LogP contribution in [-0.4, -0.2) is 36.4 Å². The molecule has 0 amide bonds. The summed E-state index contributed by atoms with van der Waals surface area (Å²) in [6.45, 7) is 4.11. The van der Waals surface area contributed by atoms with E-state index in [4.69, 9.17) is 9.47 Å². The zero-order valence-electron chi connectivity index (χ0n) is 31.3. The monoisotopic (exact) mass is 663 g/mol. The second-order valence-corrected chi connectivity index (χ2v) is 13.7. The fourth-order valence-electron chi connectivity index (χ4n) is 5.88. The van der Waals surface area contributed by atoms with Crippen molar-refractivity contribution in [1.82, 2.24) is 0 Å². The molecule has 0 fully saturated rings. The molecular formula is C42H78O5. The predicted octanol–water partition coefficient (Wildman–Crippen LogP) is 12.7. The van der Waals surface area contributed by atoms with Crippen molar-refractivity contribution in [2.24, 2.45) is 0 Å². The number of allylic oxidation sites excluding steroid dienone is 4. The summed E-state index contributed by atoms with van der Waals surface area (Å²) in [5, 5.41) is 9.55. The Morgan fingerprint density at radius 1 is 0.489 bits per heavy atom. The summed E-state index contributed by atoms with van der Waals surface area (Å²) in [6.07, 6.45) is 45.2. The third kappa shape index (κ3) is 37.1. The van der Waals surface area contributed by atoms with E-state index >= 15 is 0 Å². The van der Waals surface area contributed by atoms with Gasteiger partial charge in [0.15, 0.2) is 6.10 Å². The number of carbonyl (C=O) groups is 2. The molecule has 0 aliphatic heterocycles. The first-order valence-electron chi connectivity index (χ1n) is 20.4. The molecule has 0 saturated carbocycles. The molecule has 276 valence electrons. The van der Waals surface area contributed by atoms with Gasteiger partial charge in [-0.25, -0.2) is 0 Å². The zero-order valence-corrected chi connectivity index (χ0v) is 31.3. The highest BCUT2D eigenvalue weighted by Gasteiger charge is 2.16. The van der Waals surface area contributed by atoms with Crippen LogP contribution in [0.25, 0.3) is 0 Å². The van der Waals surface area contributed by atoms with Crippen LogP contribution in [0, 0.1) is 0 Å². The molecule has 1 unspecified atom stereocenters. The van der Waals surface area contributed by atoms with Gasteiger partial charge in [-0.1, -0.05) is 179 Å². The van der Waals surface area contributed by atoms with E-state index in [0.29, 0.717) is 12.8 Å². The molecule has 0 heterocycles. The lowest BCUT2D eigenvalue weighted by molar-refractivity contribution is -0.161. The summed E-state index contributed by atoms with van der Waals surface area (Å²) in [4.78, 5) is 24.3. The number of aliphatic hydroxyl groups excluding tert-OH is 1. The van der Waals surface area contributed by atoms with Gasteiger partial charge >= 0.3 is 11.9 Å². The number of rotatable bonds is 37. The third-order valence-electron chi connectivity index (χ3n) is 9.00. The SMILES string of the molecule is CCCCC/C=C\C/C=C\CCCCCCCC(=O)OC(CO)COC(=O)CCCCCCCCCCCCCCCCCCCC. The molecular weight excluding hydrogens is 584 g/mol. The predicted molar refractivity (Wildman–Crippen MR) is 201 cm³/mol. The molecule has 0 spiro atoms. The van der Waals surface area contributed by atoms with Crippen LogP contribution in [0.1, 0.15) is 213 Å². The normalized spacial score (nSPS) is 12.3. The largest absolute Gasteiger partial charge is 0.462 e. The highest BCUT2D eigenvalue weighted by Crippen LogP contribution is 2.15. The summed E-state index contributed by atoms with van der Waals surface area (Å²) in [5.74, 6) is -0.598. The Bertz CT molecular complexity index is 716. The molecule has 0 aliphatic rings. The van der Waals surface area contributed by atoms with E-state index in [0.717, 1.165) is 51.4 Å². The first-order valence-corrected chi connectivity index (χ1v) is 20.4. The van der Waals surface area contributed by atoms with Gasteiger partial charge in [-0.15, -0.1) is 0 Å². The van der Waals surface area contributed by atoms with Gasteiger partial charge < -0.3 is 14.6 Å². The van der Waals surface area contributed by atoms with E-state index in [9.17, 15) is 14.7 Å². The van der Waals surface area contributed by atoms with E-state index in [2.05, 4.69) is 38.2 Å². The van der Waals surface area contributed by atoms with Gasteiger partial charge in [-0.05, 0) is 44.9 Å². The second-order valence-electron chi connectivity index (χ2n) is 13.7. The fourth-order valence-corrected chi connectivity index (χ4v) is 5.88. The van der Waals surface area contributed by atoms with Crippen molar-refractivity contribution >= 4 is 11.9 Å². The van der Waals surface area contributed by atoms with Crippen molar-refractivity contribution in [3.63, 3.8) is 0 Å². The molecule has 0 aromatic carbocycles. The maximum Gasteiger partial charge on any atom is 0.306 e. The summed E-state index contributed by atoms with van der Waals surface area (Å²) in [5.41, 5.74) is 0. The Kier molecular flexibility index (Phi) is 37.5. The maximum absolute atomic E-state index is 12.2. The van der Waals surface area contributed by atoms with Crippen LogP contribution in [0.5, 0.6) is 0 Å². The van der Waals surface area contributed by atoms with Crippen molar-refractivity contribution < 1.29 is 24.2 Å². The van der Waals surface area contributed by atoms with Crippen molar-refractivity contribution in [3.05, 3.63) is 24.3 Å². The number of hydrogen-bond donors (Lipinski definition) is 1. The first kappa shape index (κ1) is 45.4. The van der Waals surface area contributed by atoms with Gasteiger partial charge in [0.25, 0.3) is 0 Å². The fraction of sp³-hybridized carbons (Fsp3) is 0.857. The summed E-state index contributed by atoms with van der Waals surface area (Å²) >= 11 is 0. The Morgan fingerprint density at radius 3 is 1.30 bits per heavy atom. The lowest BCUT2D eigenvalue weighted by Gasteiger charge is -2.15. The van der Waals surface area contributed by atoms with Crippen LogP contribution in [0.3, 0.4) is 0 Å². The van der Waals surface area contributed by atoms with Gasteiger partial charge in [0.2, 0.25) is 0 Å². The smallest absolute Gasteiger partial charge is 0.306 e. The lowest BCUT2D eigenvalue weighted by Crippen LogP contribution is -2.28. The van der Waals surface area contributed by atoms with Crippen molar-refractivity contribution in [2.75, 3.05) is 13.2 Å². The number of esters is 2. The van der Waals surface area contributed by atoms with Gasteiger partial charge in [0, 0.05) is 12.8 Å². The average Bonchev–Trinajstić information content (AvgIpc) is 3.07. The molecule has 0 aliphatic carbocycles. The van der Waals surface area contributed by atoms with E-state index < -0.39 is 6.10 Å². The minimum atomic E-state index is -0.773. The minimum absolute atomic E-state index is 0.0672. The van der Waals surface area contributed by atoms with E-state index in [1.165, 1.54) is 135 Å². The molecule has 0 aromatic heterocycles. The van der Waals surface area contributed by atoms with Gasteiger partial charge in [-0.3, -0.25) is 9.59 Å². The van der Waals surface area contributed by atoms with E-state index in [1.54, 1.807) is 0 Å². The van der Waals surface area contributed by atoms with E-state index in [1.807, 2.05) is 0 Å². The lowest BCUT2D eigenvalue weighted by atomic mass is 10.0. The van der Waals surface area contributed by atoms with Gasteiger partial charge in [-0.2, -0.15) is 0 Å². The van der Waals surface area contributed by atoms with Crippen LogP contribution < -0.4 is 0 Å². The molecule has 0 bridgehead atoms. The molecule has 0 rings (SSSR count). The first-order chi connectivity index (χ1) is 23.1. The zero-order chi connectivity index (χ0) is 34.3. The highest BCUT2D eigenvalue weighted by molar-refractivity contribution is 5.70. The molecule has 1 atom stereocenters. The number of ether oxygens (including phenoxy) is 2. The van der Waals surface area contributed by atoms with Crippen LogP contribution in [0.15, 0.2) is 24.3 Å². The number of carbonyl (C=O) groups excluding carboxylic acids is 2. The summed E-state index contributed by atoms with van der Waals surface area (Å²) in [6, 6.07) is 0. The van der Waals surface area contributed by atoms with Crippen LogP contribution in [0.4, 0.5) is 0 Å². The third-order valence-corrected chi connectivity index (χ3v) is 9.00. The van der Waals surface area contributed by atoms with Crippen LogP contribution in [0.2, 0.25) is 0 Å². The summed E-state index contributed by atoms with van der Waals surface area (Å²) in [7, 11) is 0. The summed E-state index contributed by atoms with van der Waals surface area (Å²) < 4.78 is 10.6. The molecule has 0 radical (unpaired) electrons. The number of aliphatic hydroxyl groups is 1. The molecule has 5 nitrogen and oxygen atoms in total. The topological polar surface area (TPSA) is 72.8 Å². The van der Waals surface area contributed by atoms with Crippen molar-refractivity contribution in [1.29, 1.82) is 0 Å². The van der Waals surface area contributed by atoms with E-state index in [-0.39, 0.29) is 25.2 Å². The molecule has 1 N–H and O–H groups in total. The quantitative estimate of drug-likeness (QED) is 0.0407. The molecule has 0 aromatic rings. The van der Waals surface area contributed by atoms with Crippen molar-refractivity contribution in [2.45, 2.75) is 219 Å². The number of unbranched alkanes of at least 4 members (excludes halogenated alkanes) is 25. The Hall–Kier alpha value is -1.62. The molecule has 0 saturated heterocycles. The van der Waals surface area contributed by atoms with Crippen LogP contribution in [-0.2, 0) is 19.1 Å². The van der Waals surface area contributed by atoms with Gasteiger partial charge in [0.1, 0.15) is 6.61 Å². The van der Waals surface area contributed by atoms with Crippen molar-refractivity contribution in [3.8, 4) is 0 Å². The van der Waals surface area contributed by atoms with Gasteiger partial charge in [0.05, 0.1) is 6.61 Å². The van der Waals surface area contributed by atoms with Crippen LogP contribution >= 0.6 is 0 Å². The second kappa shape index (κ2) is 38.8. The maximum atomic E-state index is 12.2. The minimum Gasteiger partial charge on any atom is -0.462 e. The number of hydrogen-bond acceptors (Lipinski definition) is 5. The molecule has 47 heavy (non-hydrogen) atoms. The molecule has 5 heteroatoms. The standard InChI is InChI=1S/C42H78O5/c1-3-5-7-9-11-13-15-17-19-20-21-23-24-26-28-30-32-34-36-41(44)46-39-40(38-43)47-42(45)37-35-33-31-29-27-25-22-18-16-14-12-10-8-6-4-2/h12,14,18,22,40,43H,3-11,13,15-17,19-21,23-39H2,1-2H3/b14-12-,22-18-.